The lowest BCUT2D eigenvalue weighted by Crippen LogP contribution is -2.44. The number of nitrogen functional groups attached to an aromatic ring is 1. The van der Waals surface area contributed by atoms with Crippen LogP contribution < -0.4 is 11.4 Å². The van der Waals surface area contributed by atoms with Crippen molar-refractivity contribution in [3.8, 4) is 11.3 Å². The lowest BCUT2D eigenvalue weighted by molar-refractivity contribution is -0.0461. The minimum Gasteiger partial charge on any atom is -0.387 e. The van der Waals surface area contributed by atoms with Gasteiger partial charge in [-0.25, -0.2) is 18.5 Å². The van der Waals surface area contributed by atoms with Crippen molar-refractivity contribution in [3.05, 3.63) is 22.2 Å². The second-order valence-electron chi connectivity index (χ2n) is 6.12. The molecule has 1 fully saturated rings. The highest BCUT2D eigenvalue weighted by Gasteiger charge is 2.57. The van der Waals surface area contributed by atoms with Crippen LogP contribution in [0.25, 0.3) is 0 Å². The van der Waals surface area contributed by atoms with Gasteiger partial charge in [0.15, 0.2) is 11.1 Å². The summed E-state index contributed by atoms with van der Waals surface area (Å²) in [7, 11) is -17.7. The molecular formula is C12H16Cl2N3O13P3. The van der Waals surface area contributed by atoms with Gasteiger partial charge < -0.3 is 35.2 Å². The van der Waals surface area contributed by atoms with Crippen LogP contribution in [0, 0.1) is 18.2 Å². The molecule has 0 aromatic carbocycles. The van der Waals surface area contributed by atoms with Gasteiger partial charge >= 0.3 is 29.2 Å². The molecule has 21 heteroatoms. The second kappa shape index (κ2) is 10.0. The Morgan fingerprint density at radius 2 is 1.94 bits per heavy atom. The van der Waals surface area contributed by atoms with E-state index in [2.05, 4.69) is 24.0 Å². The molecule has 16 nitrogen and oxygen atoms in total. The van der Waals surface area contributed by atoms with Crippen LogP contribution in [0.1, 0.15) is 14.7 Å². The van der Waals surface area contributed by atoms with Gasteiger partial charge in [-0.2, -0.15) is 13.6 Å². The van der Waals surface area contributed by atoms with E-state index >= 15 is 0 Å². The zero-order valence-corrected chi connectivity index (χ0v) is 20.1. The third-order valence-electron chi connectivity index (χ3n) is 3.69. The topological polar surface area (TPSA) is 250 Å². The highest BCUT2D eigenvalue weighted by atomic mass is 35.5. The van der Waals surface area contributed by atoms with Crippen molar-refractivity contribution < 1.29 is 59.0 Å². The van der Waals surface area contributed by atoms with E-state index in [9.17, 15) is 33.4 Å². The number of nitrogens with zero attached hydrogens (tertiary/aromatic N) is 2. The molecule has 0 radical (unpaired) electrons. The minimum absolute atomic E-state index is 0.0511. The van der Waals surface area contributed by atoms with E-state index in [1.807, 2.05) is 5.38 Å². The number of aliphatic hydroxyl groups excluding tert-OH is 1. The number of anilines is 1. The quantitative estimate of drug-likeness (QED) is 0.134. The molecule has 1 aromatic heterocycles. The van der Waals surface area contributed by atoms with Crippen LogP contribution >= 0.6 is 46.7 Å². The zero-order valence-electron chi connectivity index (χ0n) is 17.9. The maximum atomic E-state index is 12.4. The van der Waals surface area contributed by atoms with Crippen molar-refractivity contribution in [1.29, 1.82) is 0 Å². The number of phosphoric acid groups is 3. The summed E-state index contributed by atoms with van der Waals surface area (Å²) in [4.78, 5) is 49.5. The van der Waals surface area contributed by atoms with Gasteiger partial charge in [-0.05, 0) is 24.6 Å². The Balaban J connectivity index is 2.45. The van der Waals surface area contributed by atoms with Gasteiger partial charge in [-0.3, -0.25) is 9.09 Å². The molecule has 1 aliphatic rings. The summed E-state index contributed by atoms with van der Waals surface area (Å²) in [6.45, 7) is -2.28. The maximum absolute atomic E-state index is 12.4. The number of ether oxygens (including phenoxy) is 1. The number of aryl methyl sites for hydroxylation is 1. The van der Waals surface area contributed by atoms with Gasteiger partial charge in [-0.15, -0.1) is 0 Å². The summed E-state index contributed by atoms with van der Waals surface area (Å²) >= 11 is 11.7. The average molecular weight is 576 g/mol. The Labute approximate surface area is 197 Å². The molecule has 1 saturated heterocycles. The fourth-order valence-electron chi connectivity index (χ4n) is 2.56. The van der Waals surface area contributed by atoms with Crippen LogP contribution in [0.15, 0.2) is 10.9 Å². The van der Waals surface area contributed by atoms with Gasteiger partial charge in [0.1, 0.15) is 18.0 Å². The van der Waals surface area contributed by atoms with Crippen LogP contribution in [-0.2, 0) is 31.6 Å². The number of rotatable bonds is 8. The first-order valence-electron chi connectivity index (χ1n) is 8.99. The highest BCUT2D eigenvalue weighted by molar-refractivity contribution is 7.66. The molecular weight excluding hydrogens is 558 g/mol. The van der Waals surface area contributed by atoms with Gasteiger partial charge in [-0.1, -0.05) is 17.5 Å². The summed E-state index contributed by atoms with van der Waals surface area (Å²) in [6, 6.07) is 1.19. The predicted molar refractivity (Wildman–Crippen MR) is 110 cm³/mol. The minimum atomic E-state index is -6.03. The second-order valence-corrected chi connectivity index (χ2v) is 11.3. The van der Waals surface area contributed by atoms with Crippen molar-refractivity contribution in [1.82, 2.24) is 9.55 Å². The molecule has 33 heavy (non-hydrogen) atoms. The molecule has 0 aliphatic carbocycles. The third-order valence-corrected chi connectivity index (χ3v) is 7.96. The van der Waals surface area contributed by atoms with E-state index in [1.54, 1.807) is 0 Å². The van der Waals surface area contributed by atoms with Crippen molar-refractivity contribution >= 4 is 52.5 Å². The third kappa shape index (κ3) is 7.08. The molecule has 0 amide bonds. The fraction of sp³-hybridized carbons (Fsp3) is 0.500. The number of aliphatic hydroxyl groups is 1. The summed E-state index contributed by atoms with van der Waals surface area (Å²) < 4.78 is 67.3. The summed E-state index contributed by atoms with van der Waals surface area (Å²) in [5.41, 5.74) is 4.46. The first-order valence-corrected chi connectivity index (χ1v) is 13.3. The van der Waals surface area contributed by atoms with Crippen LogP contribution in [-0.4, -0.2) is 57.9 Å². The van der Waals surface area contributed by atoms with Crippen LogP contribution in [0.2, 0.25) is 0 Å². The largest absolute Gasteiger partial charge is 0.490 e. The Morgan fingerprint density at radius 1 is 1.33 bits per heavy atom. The molecule has 6 atom stereocenters. The zero-order chi connectivity index (χ0) is 27.2. The molecule has 2 heterocycles. The monoisotopic (exact) mass is 575 g/mol. The molecule has 7 N–H and O–H groups in total. The van der Waals surface area contributed by atoms with E-state index < -0.39 is 59.0 Å². The first kappa shape index (κ1) is 25.2. The van der Waals surface area contributed by atoms with Gasteiger partial charge in [0.25, 0.3) is 0 Å². The number of aromatic nitrogens is 2. The Hall–Kier alpha value is -0.850. The van der Waals surface area contributed by atoms with Crippen LogP contribution in [0.5, 0.6) is 0 Å². The normalized spacial score (nSPS) is 30.4. The fourth-order valence-corrected chi connectivity index (χ4v) is 5.95. The summed E-state index contributed by atoms with van der Waals surface area (Å²) in [5, 5.41) is 12.5. The molecule has 1 aliphatic heterocycles. The number of nitrogens with two attached hydrogens (primary N) is 1. The van der Waals surface area contributed by atoms with Crippen molar-refractivity contribution in [2.45, 2.75) is 30.2 Å². The van der Waals surface area contributed by atoms with Crippen LogP contribution in [0.3, 0.4) is 0 Å². The first-order chi connectivity index (χ1) is 15.6. The Kier molecular flexibility index (Phi) is 7.67. The van der Waals surface area contributed by atoms with Gasteiger partial charge in [0.05, 0.1) is 9.30 Å². The van der Waals surface area contributed by atoms with Crippen molar-refractivity contribution in [3.63, 3.8) is 0 Å². The van der Waals surface area contributed by atoms with Crippen molar-refractivity contribution in [2.24, 2.45) is 0 Å². The smallest absolute Gasteiger partial charge is 0.387 e. The van der Waals surface area contributed by atoms with Crippen LogP contribution in [0.4, 0.5) is 5.82 Å². The van der Waals surface area contributed by atoms with E-state index in [0.29, 0.717) is 4.57 Å². The number of halogens is 2. The average Bonchev–Trinajstić information content (AvgIpc) is 2.83. The highest BCUT2D eigenvalue weighted by Crippen LogP contribution is 2.66. The number of hydrogen-bond acceptors (Lipinski definition) is 11. The predicted octanol–water partition coefficient (Wildman–Crippen LogP) is -0.0872. The molecule has 0 saturated carbocycles. The van der Waals surface area contributed by atoms with Gasteiger partial charge in [0.2, 0.25) is 0 Å². The maximum Gasteiger partial charge on any atom is 0.490 e. The van der Waals surface area contributed by atoms with E-state index in [-0.39, 0.29) is 11.5 Å². The van der Waals surface area contributed by atoms with E-state index in [0.717, 1.165) is 0 Å². The summed E-state index contributed by atoms with van der Waals surface area (Å²) in [5.74, 6) is 1.92. The lowest BCUT2D eigenvalue weighted by Gasteiger charge is -2.26. The Bertz CT molecular complexity index is 1270. The number of phosphoric ester groups is 1. The standard InChI is InChI=1S/C12H16Cl2N3O13P3/c1-6-4-8(15)16-11(19)17(6)10-12(14,2-3-13)9(18)7(28-10)5-27-32(23,24)30-33(25,26)29-31(20,21)22/h4,7,9-10,18H,5H2,1H3,(H,23,24)(H,25,26)(H2,15,16,19)(H2,20,21,22)/t7-,9+,10-,12?/m1/s1/i5D2. The molecule has 1 aromatic rings. The SMILES string of the molecule is [2H]C([2H])(OP(=O)(O)OP(=O)(O)OP(=O)(O)O)[C@H]1O[C@@H](n2c(C)cc(N)nc2=O)C(Cl)(C#CCl)[C@H]1O. The van der Waals surface area contributed by atoms with Crippen molar-refractivity contribution in [2.75, 3.05) is 12.3 Å². The lowest BCUT2D eigenvalue weighted by atomic mass is 9.99. The van der Waals surface area contributed by atoms with Gasteiger partial charge in [0, 0.05) is 11.1 Å². The Morgan fingerprint density at radius 3 is 2.45 bits per heavy atom. The summed E-state index contributed by atoms with van der Waals surface area (Å²) in [6.07, 6.45) is -6.49. The molecule has 186 valence electrons. The molecule has 3 unspecified atom stereocenters. The molecule has 0 bridgehead atoms. The van der Waals surface area contributed by atoms with E-state index in [4.69, 9.17) is 46.2 Å². The number of hydrogen-bond donors (Lipinski definition) is 6. The number of alkyl halides is 1. The molecule has 0 spiro atoms. The van der Waals surface area contributed by atoms with E-state index in [1.165, 1.54) is 13.0 Å². The molecule has 2 rings (SSSR count).